The van der Waals surface area contributed by atoms with E-state index in [0.717, 1.165) is 11.8 Å². The lowest BCUT2D eigenvalue weighted by atomic mass is 10.3. The van der Waals surface area contributed by atoms with Gasteiger partial charge in [0.25, 0.3) is 0 Å². The molecule has 0 amide bonds. The van der Waals surface area contributed by atoms with Crippen molar-refractivity contribution in [1.29, 1.82) is 0 Å². The number of nitrogens with two attached hydrogens (primary N) is 1. The number of hydrogen-bond acceptors (Lipinski definition) is 5. The van der Waals surface area contributed by atoms with Crippen molar-refractivity contribution in [2.75, 3.05) is 24.7 Å². The number of anilines is 2. The topological polar surface area (TPSA) is 82.2 Å². The molecule has 1 aromatic rings. The lowest BCUT2D eigenvalue weighted by molar-refractivity contribution is -0.115. The first-order valence-corrected chi connectivity index (χ1v) is 4.47. The van der Waals surface area contributed by atoms with Crippen LogP contribution in [0, 0.1) is 0 Å². The molecular formula is C8H11F3N4O2. The number of alkyl halides is 3. The Morgan fingerprint density at radius 1 is 1.59 bits per heavy atom. The third-order valence-corrected chi connectivity index (χ3v) is 1.94. The Hall–Kier alpha value is -1.93. The summed E-state index contributed by atoms with van der Waals surface area (Å²) in [6, 6.07) is 0. The third-order valence-electron chi connectivity index (χ3n) is 1.94. The van der Waals surface area contributed by atoms with Gasteiger partial charge < -0.3 is 15.8 Å². The van der Waals surface area contributed by atoms with Crippen LogP contribution in [0.15, 0.2) is 0 Å². The summed E-state index contributed by atoms with van der Waals surface area (Å²) < 4.78 is 41.6. The number of nitrogen functional groups attached to an aromatic ring is 1. The molecule has 96 valence electrons. The van der Waals surface area contributed by atoms with E-state index in [2.05, 4.69) is 9.84 Å². The first-order valence-electron chi connectivity index (χ1n) is 4.47. The number of ether oxygens (including phenoxy) is 1. The standard InChI is InChI=1S/C8H11F3N4O2/c1-15-5(12)4(7(16)17-2)6(14-15)13-3-8(9,10)11/h3,12H2,1-2H3,(H,13,14). The second kappa shape index (κ2) is 4.52. The molecule has 0 unspecified atom stereocenters. The van der Waals surface area contributed by atoms with E-state index in [-0.39, 0.29) is 17.2 Å². The second-order valence-electron chi connectivity index (χ2n) is 3.19. The zero-order valence-corrected chi connectivity index (χ0v) is 9.13. The minimum Gasteiger partial charge on any atom is -0.465 e. The van der Waals surface area contributed by atoms with Gasteiger partial charge in [0.2, 0.25) is 0 Å². The minimum absolute atomic E-state index is 0.0680. The fourth-order valence-corrected chi connectivity index (χ4v) is 1.15. The highest BCUT2D eigenvalue weighted by Crippen LogP contribution is 2.23. The Labute approximate surface area is 94.5 Å². The maximum atomic E-state index is 12.0. The highest BCUT2D eigenvalue weighted by Gasteiger charge is 2.29. The summed E-state index contributed by atoms with van der Waals surface area (Å²) in [6.45, 7) is -1.31. The Balaban J connectivity index is 2.99. The van der Waals surface area contributed by atoms with Crippen LogP contribution in [0.2, 0.25) is 0 Å². The molecule has 0 aliphatic heterocycles. The van der Waals surface area contributed by atoms with E-state index in [4.69, 9.17) is 5.73 Å². The molecule has 6 nitrogen and oxygen atoms in total. The number of esters is 1. The number of nitrogens with zero attached hydrogens (tertiary/aromatic N) is 2. The van der Waals surface area contributed by atoms with Gasteiger partial charge in [-0.25, -0.2) is 4.79 Å². The Morgan fingerprint density at radius 2 is 2.18 bits per heavy atom. The van der Waals surface area contributed by atoms with Crippen molar-refractivity contribution in [1.82, 2.24) is 9.78 Å². The van der Waals surface area contributed by atoms with E-state index in [1.807, 2.05) is 5.32 Å². The zero-order chi connectivity index (χ0) is 13.2. The molecule has 0 bridgehead atoms. The molecule has 9 heteroatoms. The highest BCUT2D eigenvalue weighted by atomic mass is 19.4. The molecule has 1 heterocycles. The van der Waals surface area contributed by atoms with Crippen LogP contribution in [-0.4, -0.2) is 35.6 Å². The molecule has 1 rings (SSSR count). The van der Waals surface area contributed by atoms with Crippen LogP contribution in [0.4, 0.5) is 24.8 Å². The third kappa shape index (κ3) is 3.02. The van der Waals surface area contributed by atoms with Crippen molar-refractivity contribution in [3.05, 3.63) is 5.56 Å². The molecule has 1 aromatic heterocycles. The van der Waals surface area contributed by atoms with Gasteiger partial charge in [0.05, 0.1) is 7.11 Å². The van der Waals surface area contributed by atoms with E-state index >= 15 is 0 Å². The molecule has 0 radical (unpaired) electrons. The molecule has 0 spiro atoms. The molecule has 0 aliphatic carbocycles. The lowest BCUT2D eigenvalue weighted by Gasteiger charge is -2.08. The number of carbonyl (C=O) groups is 1. The van der Waals surface area contributed by atoms with Gasteiger partial charge >= 0.3 is 12.1 Å². The van der Waals surface area contributed by atoms with Crippen LogP contribution < -0.4 is 11.1 Å². The zero-order valence-electron chi connectivity index (χ0n) is 9.13. The van der Waals surface area contributed by atoms with E-state index < -0.39 is 18.7 Å². The SMILES string of the molecule is COC(=O)c1c(NCC(F)(F)F)nn(C)c1N. The minimum atomic E-state index is -4.42. The second-order valence-corrected chi connectivity index (χ2v) is 3.19. The molecule has 0 saturated heterocycles. The average molecular weight is 252 g/mol. The Bertz CT molecular complexity index is 427. The Morgan fingerprint density at radius 3 is 2.65 bits per heavy atom. The number of halogens is 3. The number of hydrogen-bond donors (Lipinski definition) is 2. The molecule has 0 aliphatic rings. The predicted octanol–water partition coefficient (Wildman–Crippen LogP) is 0.763. The average Bonchev–Trinajstić information content (AvgIpc) is 2.50. The van der Waals surface area contributed by atoms with Crippen LogP contribution >= 0.6 is 0 Å². The molecule has 0 fully saturated rings. The molecule has 3 N–H and O–H groups in total. The summed E-state index contributed by atoms with van der Waals surface area (Å²) in [4.78, 5) is 11.3. The van der Waals surface area contributed by atoms with Crippen molar-refractivity contribution in [2.24, 2.45) is 7.05 Å². The van der Waals surface area contributed by atoms with Gasteiger partial charge in [0.1, 0.15) is 17.9 Å². The van der Waals surface area contributed by atoms with Gasteiger partial charge in [-0.1, -0.05) is 0 Å². The molecule has 0 saturated carbocycles. The molecule has 17 heavy (non-hydrogen) atoms. The van der Waals surface area contributed by atoms with E-state index in [9.17, 15) is 18.0 Å². The lowest BCUT2D eigenvalue weighted by Crippen LogP contribution is -2.22. The summed E-state index contributed by atoms with van der Waals surface area (Å²) in [5.41, 5.74) is 5.29. The maximum absolute atomic E-state index is 12.0. The highest BCUT2D eigenvalue weighted by molar-refractivity contribution is 5.99. The van der Waals surface area contributed by atoms with Gasteiger partial charge in [0, 0.05) is 7.05 Å². The quantitative estimate of drug-likeness (QED) is 0.776. The van der Waals surface area contributed by atoms with E-state index in [0.29, 0.717) is 0 Å². The van der Waals surface area contributed by atoms with Crippen molar-refractivity contribution in [3.8, 4) is 0 Å². The van der Waals surface area contributed by atoms with E-state index in [1.165, 1.54) is 7.05 Å². The number of nitrogens with one attached hydrogen (secondary N) is 1. The summed E-state index contributed by atoms with van der Waals surface area (Å²) in [5.74, 6) is -1.17. The number of aryl methyl sites for hydroxylation is 1. The van der Waals surface area contributed by atoms with Crippen LogP contribution in [-0.2, 0) is 11.8 Å². The van der Waals surface area contributed by atoms with Gasteiger partial charge in [-0.15, -0.1) is 0 Å². The van der Waals surface area contributed by atoms with Gasteiger partial charge in [0.15, 0.2) is 5.82 Å². The first-order chi connectivity index (χ1) is 7.76. The fraction of sp³-hybridized carbons (Fsp3) is 0.500. The number of carbonyl (C=O) groups excluding carboxylic acids is 1. The van der Waals surface area contributed by atoms with Gasteiger partial charge in [-0.2, -0.15) is 18.3 Å². The molecule has 0 atom stereocenters. The fourth-order valence-electron chi connectivity index (χ4n) is 1.15. The predicted molar refractivity (Wildman–Crippen MR) is 53.5 cm³/mol. The van der Waals surface area contributed by atoms with E-state index in [1.54, 1.807) is 0 Å². The summed E-state index contributed by atoms with van der Waals surface area (Å²) in [7, 11) is 2.50. The van der Waals surface area contributed by atoms with Crippen molar-refractivity contribution < 1.29 is 22.7 Å². The Kier molecular flexibility index (Phi) is 3.49. The maximum Gasteiger partial charge on any atom is 0.405 e. The van der Waals surface area contributed by atoms with Crippen molar-refractivity contribution in [3.63, 3.8) is 0 Å². The number of rotatable bonds is 3. The first kappa shape index (κ1) is 13.1. The van der Waals surface area contributed by atoms with Gasteiger partial charge in [-0.3, -0.25) is 4.68 Å². The van der Waals surface area contributed by atoms with Crippen LogP contribution in [0.25, 0.3) is 0 Å². The van der Waals surface area contributed by atoms with Crippen molar-refractivity contribution >= 4 is 17.6 Å². The largest absolute Gasteiger partial charge is 0.465 e. The number of methoxy groups -OCH3 is 1. The summed E-state index contributed by atoms with van der Waals surface area (Å²) >= 11 is 0. The number of aromatic nitrogens is 2. The normalized spacial score (nSPS) is 11.4. The molecular weight excluding hydrogens is 241 g/mol. The summed E-state index contributed by atoms with van der Waals surface area (Å²) in [6.07, 6.45) is -4.42. The van der Waals surface area contributed by atoms with Gasteiger partial charge in [-0.05, 0) is 0 Å². The van der Waals surface area contributed by atoms with Crippen LogP contribution in [0.5, 0.6) is 0 Å². The van der Waals surface area contributed by atoms with Crippen molar-refractivity contribution in [2.45, 2.75) is 6.18 Å². The molecule has 0 aromatic carbocycles. The van der Waals surface area contributed by atoms with Crippen LogP contribution in [0.1, 0.15) is 10.4 Å². The smallest absolute Gasteiger partial charge is 0.405 e. The monoisotopic (exact) mass is 252 g/mol. The summed E-state index contributed by atoms with van der Waals surface area (Å²) in [5, 5.41) is 5.65. The van der Waals surface area contributed by atoms with Crippen LogP contribution in [0.3, 0.4) is 0 Å².